The highest BCUT2D eigenvalue weighted by atomic mass is 32.1. The van der Waals surface area contributed by atoms with Crippen molar-refractivity contribution in [2.45, 2.75) is 6.10 Å². The van der Waals surface area contributed by atoms with E-state index in [1.165, 1.54) is 36.6 Å². The van der Waals surface area contributed by atoms with Gasteiger partial charge in [-0.15, -0.1) is 11.3 Å². The van der Waals surface area contributed by atoms with E-state index in [2.05, 4.69) is 5.32 Å². The summed E-state index contributed by atoms with van der Waals surface area (Å²) in [5.74, 6) is -1.88. The van der Waals surface area contributed by atoms with Crippen LogP contribution in [0.1, 0.15) is 21.3 Å². The molecule has 0 saturated heterocycles. The molecule has 5 nitrogen and oxygen atoms in total. The minimum absolute atomic E-state index is 0.00678. The van der Waals surface area contributed by atoms with Crippen molar-refractivity contribution >= 4 is 23.2 Å². The third-order valence-electron chi connectivity index (χ3n) is 2.98. The molecule has 122 valence electrons. The van der Waals surface area contributed by atoms with Crippen molar-refractivity contribution in [3.05, 3.63) is 58.0 Å². The Labute approximate surface area is 137 Å². The van der Waals surface area contributed by atoms with Crippen molar-refractivity contribution in [3.63, 3.8) is 0 Å². The Hall–Kier alpha value is -2.25. The zero-order valence-electron chi connectivity index (χ0n) is 12.5. The molecule has 1 atom stereocenters. The van der Waals surface area contributed by atoms with Crippen molar-refractivity contribution in [1.82, 2.24) is 5.32 Å². The molecule has 1 aromatic carbocycles. The van der Waals surface area contributed by atoms with Crippen LogP contribution in [0.2, 0.25) is 0 Å². The Morgan fingerprint density at radius 1 is 1.26 bits per heavy atom. The number of thiophene rings is 1. The standard InChI is InChI=1S/C16H16FNO4S/c1-21-9-8-18-15(19)14(11-5-2-3-6-12(11)17)22-16(20)13-7-4-10-23-13/h2-7,10,14H,8-9H2,1H3,(H,18,19)/t14-/m0/s1. The van der Waals surface area contributed by atoms with Gasteiger partial charge in [0.05, 0.1) is 6.61 Å². The monoisotopic (exact) mass is 337 g/mol. The molecule has 1 aromatic heterocycles. The van der Waals surface area contributed by atoms with Crippen molar-refractivity contribution in [2.24, 2.45) is 0 Å². The molecule has 2 rings (SSSR count). The average molecular weight is 337 g/mol. The van der Waals surface area contributed by atoms with Crippen molar-refractivity contribution in [2.75, 3.05) is 20.3 Å². The molecule has 0 aliphatic carbocycles. The molecule has 0 spiro atoms. The van der Waals surface area contributed by atoms with E-state index in [1.807, 2.05) is 0 Å². The van der Waals surface area contributed by atoms with E-state index in [0.717, 1.165) is 0 Å². The van der Waals surface area contributed by atoms with Crippen LogP contribution in [0.3, 0.4) is 0 Å². The first kappa shape index (κ1) is 17.1. The number of hydrogen-bond acceptors (Lipinski definition) is 5. The molecule has 2 aromatic rings. The van der Waals surface area contributed by atoms with E-state index >= 15 is 0 Å². The van der Waals surface area contributed by atoms with Crippen LogP contribution >= 0.6 is 11.3 Å². The molecule has 1 N–H and O–H groups in total. The van der Waals surface area contributed by atoms with Gasteiger partial charge in [0, 0.05) is 19.2 Å². The van der Waals surface area contributed by atoms with Crippen molar-refractivity contribution < 1.29 is 23.5 Å². The van der Waals surface area contributed by atoms with E-state index < -0.39 is 23.8 Å². The smallest absolute Gasteiger partial charge is 0.349 e. The van der Waals surface area contributed by atoms with Crippen LogP contribution in [0.4, 0.5) is 4.39 Å². The van der Waals surface area contributed by atoms with E-state index in [-0.39, 0.29) is 12.1 Å². The molecular weight excluding hydrogens is 321 g/mol. The quantitative estimate of drug-likeness (QED) is 0.623. The average Bonchev–Trinajstić information content (AvgIpc) is 3.08. The van der Waals surface area contributed by atoms with Crippen molar-refractivity contribution in [1.29, 1.82) is 0 Å². The Morgan fingerprint density at radius 3 is 2.70 bits per heavy atom. The number of carbonyl (C=O) groups is 2. The molecule has 1 heterocycles. The minimum Gasteiger partial charge on any atom is -0.443 e. The Morgan fingerprint density at radius 2 is 2.04 bits per heavy atom. The highest BCUT2D eigenvalue weighted by molar-refractivity contribution is 7.11. The maximum absolute atomic E-state index is 14.0. The van der Waals surface area contributed by atoms with Gasteiger partial charge in [-0.3, -0.25) is 4.79 Å². The highest BCUT2D eigenvalue weighted by Gasteiger charge is 2.28. The fraction of sp³-hybridized carbons (Fsp3) is 0.250. The lowest BCUT2D eigenvalue weighted by molar-refractivity contribution is -0.130. The van der Waals surface area contributed by atoms with Crippen LogP contribution in [0, 0.1) is 5.82 Å². The summed E-state index contributed by atoms with van der Waals surface area (Å²) in [4.78, 5) is 24.7. The zero-order chi connectivity index (χ0) is 16.7. The fourth-order valence-electron chi connectivity index (χ4n) is 1.87. The van der Waals surface area contributed by atoms with Crippen LogP contribution in [0.5, 0.6) is 0 Å². The number of halogens is 1. The van der Waals surface area contributed by atoms with Gasteiger partial charge in [-0.25, -0.2) is 9.18 Å². The van der Waals surface area contributed by atoms with E-state index in [1.54, 1.807) is 23.6 Å². The van der Waals surface area contributed by atoms with E-state index in [0.29, 0.717) is 11.5 Å². The molecule has 7 heteroatoms. The first-order chi connectivity index (χ1) is 11.1. The second-order valence-electron chi connectivity index (χ2n) is 4.57. The third-order valence-corrected chi connectivity index (χ3v) is 3.83. The molecular formula is C16H16FNO4S. The summed E-state index contributed by atoms with van der Waals surface area (Å²) in [6.07, 6.45) is -1.36. The predicted molar refractivity (Wildman–Crippen MR) is 83.8 cm³/mol. The maximum Gasteiger partial charge on any atom is 0.349 e. The molecule has 0 unspecified atom stereocenters. The lowest BCUT2D eigenvalue weighted by Crippen LogP contribution is -2.34. The van der Waals surface area contributed by atoms with Crippen LogP contribution in [-0.2, 0) is 14.3 Å². The summed E-state index contributed by atoms with van der Waals surface area (Å²) in [6.45, 7) is 0.533. The Bertz CT molecular complexity index is 660. The fourth-order valence-corrected chi connectivity index (χ4v) is 2.48. The highest BCUT2D eigenvalue weighted by Crippen LogP contribution is 2.23. The summed E-state index contributed by atoms with van der Waals surface area (Å²) < 4.78 is 24.1. The molecule has 0 aliphatic heterocycles. The van der Waals surface area contributed by atoms with Gasteiger partial charge in [0.15, 0.2) is 0 Å². The molecule has 0 fully saturated rings. The van der Waals surface area contributed by atoms with Crippen LogP contribution in [-0.4, -0.2) is 32.1 Å². The number of methoxy groups -OCH3 is 1. The molecule has 1 amide bonds. The summed E-state index contributed by atoms with van der Waals surface area (Å²) in [6, 6.07) is 8.97. The lowest BCUT2D eigenvalue weighted by Gasteiger charge is -2.18. The van der Waals surface area contributed by atoms with Crippen LogP contribution in [0.25, 0.3) is 0 Å². The summed E-state index contributed by atoms with van der Waals surface area (Å²) in [7, 11) is 1.50. The van der Waals surface area contributed by atoms with E-state index in [4.69, 9.17) is 9.47 Å². The summed E-state index contributed by atoms with van der Waals surface area (Å²) in [5.41, 5.74) is 0.00678. The number of hydrogen-bond donors (Lipinski definition) is 1. The normalized spacial score (nSPS) is 11.7. The molecule has 0 saturated carbocycles. The number of ether oxygens (including phenoxy) is 2. The van der Waals surface area contributed by atoms with Gasteiger partial charge in [0.2, 0.25) is 6.10 Å². The first-order valence-electron chi connectivity index (χ1n) is 6.89. The van der Waals surface area contributed by atoms with Gasteiger partial charge in [-0.05, 0) is 17.5 Å². The number of rotatable bonds is 7. The molecule has 0 aliphatic rings. The zero-order valence-corrected chi connectivity index (χ0v) is 13.3. The van der Waals surface area contributed by atoms with Gasteiger partial charge in [-0.2, -0.15) is 0 Å². The largest absolute Gasteiger partial charge is 0.443 e. The lowest BCUT2D eigenvalue weighted by atomic mass is 10.1. The summed E-state index contributed by atoms with van der Waals surface area (Å²) >= 11 is 1.19. The Balaban J connectivity index is 2.19. The third kappa shape index (κ3) is 4.61. The number of carbonyl (C=O) groups excluding carboxylic acids is 2. The van der Waals surface area contributed by atoms with Gasteiger partial charge < -0.3 is 14.8 Å². The van der Waals surface area contributed by atoms with Gasteiger partial charge in [0.1, 0.15) is 10.7 Å². The number of amides is 1. The second kappa shape index (κ2) is 8.40. The number of nitrogens with one attached hydrogen (secondary N) is 1. The first-order valence-corrected chi connectivity index (χ1v) is 7.77. The van der Waals surface area contributed by atoms with E-state index in [9.17, 15) is 14.0 Å². The predicted octanol–water partition coefficient (Wildman–Crippen LogP) is 2.55. The SMILES string of the molecule is COCCNC(=O)[C@@H](OC(=O)c1cccs1)c1ccccc1F. The van der Waals surface area contributed by atoms with Gasteiger partial charge in [-0.1, -0.05) is 24.3 Å². The maximum atomic E-state index is 14.0. The Kier molecular flexibility index (Phi) is 6.25. The number of esters is 1. The molecule has 0 radical (unpaired) electrons. The topological polar surface area (TPSA) is 64.6 Å². The molecule has 23 heavy (non-hydrogen) atoms. The van der Waals surface area contributed by atoms with Crippen molar-refractivity contribution in [3.8, 4) is 0 Å². The summed E-state index contributed by atoms with van der Waals surface area (Å²) in [5, 5.41) is 4.27. The van der Waals surface area contributed by atoms with Gasteiger partial charge >= 0.3 is 5.97 Å². The molecule has 0 bridgehead atoms. The van der Waals surface area contributed by atoms with Crippen LogP contribution < -0.4 is 5.32 Å². The van der Waals surface area contributed by atoms with Crippen LogP contribution in [0.15, 0.2) is 41.8 Å². The second-order valence-corrected chi connectivity index (χ2v) is 5.52. The van der Waals surface area contributed by atoms with Gasteiger partial charge in [0.25, 0.3) is 5.91 Å². The number of benzene rings is 1. The minimum atomic E-state index is -1.36.